The number of carbonyl (C=O) groups is 3. The van der Waals surface area contributed by atoms with Crippen LogP contribution in [0.5, 0.6) is 11.5 Å². The highest BCUT2D eigenvalue weighted by atomic mass is 79.9. The summed E-state index contributed by atoms with van der Waals surface area (Å²) in [5, 5.41) is 0. The summed E-state index contributed by atoms with van der Waals surface area (Å²) in [5.74, 6) is -2.28. The molecule has 2 rings (SSSR count). The Labute approximate surface area is 153 Å². The fourth-order valence-corrected chi connectivity index (χ4v) is 2.94. The molecule has 1 heterocycles. The summed E-state index contributed by atoms with van der Waals surface area (Å²) >= 11 is 3.38. The van der Waals surface area contributed by atoms with Gasteiger partial charge in [-0.2, -0.15) is 0 Å². The number of hydrogen-bond acceptors (Lipinski definition) is 6. The van der Waals surface area contributed by atoms with Crippen LogP contribution < -0.4 is 9.47 Å². The first kappa shape index (κ1) is 18.9. The lowest BCUT2D eigenvalue weighted by molar-refractivity contribution is -0.151. The molecule has 0 amide bonds. The second-order valence-corrected chi connectivity index (χ2v) is 6.07. The number of benzene rings is 1. The molecule has 0 bridgehead atoms. The van der Waals surface area contributed by atoms with Gasteiger partial charge in [-0.1, -0.05) is 6.08 Å². The van der Waals surface area contributed by atoms with Gasteiger partial charge in [-0.15, -0.1) is 0 Å². The molecule has 1 atom stereocenters. The zero-order valence-corrected chi connectivity index (χ0v) is 15.6. The van der Waals surface area contributed by atoms with Crippen LogP contribution in [0.25, 0.3) is 6.08 Å². The normalized spacial score (nSPS) is 17.3. The highest BCUT2D eigenvalue weighted by Crippen LogP contribution is 2.37. The topological polar surface area (TPSA) is 78.9 Å². The van der Waals surface area contributed by atoms with E-state index in [0.29, 0.717) is 28.1 Å². The lowest BCUT2D eigenvalue weighted by Gasteiger charge is -2.15. The molecular formula is C18H17BrO6. The van der Waals surface area contributed by atoms with Crippen molar-refractivity contribution in [2.24, 2.45) is 5.92 Å². The van der Waals surface area contributed by atoms with Crippen molar-refractivity contribution in [2.75, 3.05) is 13.7 Å². The third kappa shape index (κ3) is 4.36. The van der Waals surface area contributed by atoms with Gasteiger partial charge < -0.3 is 14.2 Å². The number of rotatable bonds is 6. The van der Waals surface area contributed by atoms with Gasteiger partial charge in [0.05, 0.1) is 18.2 Å². The van der Waals surface area contributed by atoms with Gasteiger partial charge in [0.15, 0.2) is 29.0 Å². The average molecular weight is 409 g/mol. The maximum Gasteiger partial charge on any atom is 0.329 e. The Balaban J connectivity index is 2.25. The Morgan fingerprint density at radius 2 is 2.08 bits per heavy atom. The molecule has 132 valence electrons. The highest BCUT2D eigenvalue weighted by Gasteiger charge is 2.36. The average Bonchev–Trinajstić information content (AvgIpc) is 2.52. The monoisotopic (exact) mass is 408 g/mol. The van der Waals surface area contributed by atoms with Crippen LogP contribution in [0.1, 0.15) is 19.4 Å². The van der Waals surface area contributed by atoms with E-state index in [1.54, 1.807) is 12.1 Å². The Hall–Kier alpha value is -2.41. The lowest BCUT2D eigenvalue weighted by atomic mass is 9.96. The van der Waals surface area contributed by atoms with Gasteiger partial charge in [-0.25, -0.2) is 0 Å². The summed E-state index contributed by atoms with van der Waals surface area (Å²) in [6.07, 6.45) is 3.83. The van der Waals surface area contributed by atoms with E-state index in [2.05, 4.69) is 15.9 Å². The van der Waals surface area contributed by atoms with E-state index in [4.69, 9.17) is 14.2 Å². The number of allylic oxidation sites excluding steroid dienone is 3. The first-order valence-electron chi connectivity index (χ1n) is 7.53. The molecule has 0 fully saturated rings. The maximum absolute atomic E-state index is 12.2. The molecule has 25 heavy (non-hydrogen) atoms. The molecular weight excluding hydrogens is 392 g/mol. The van der Waals surface area contributed by atoms with E-state index in [0.717, 1.165) is 6.08 Å². The number of carbonyl (C=O) groups excluding carboxylic acids is 3. The van der Waals surface area contributed by atoms with Crippen molar-refractivity contribution in [1.29, 1.82) is 0 Å². The van der Waals surface area contributed by atoms with Gasteiger partial charge in [0.2, 0.25) is 0 Å². The van der Waals surface area contributed by atoms with Crippen LogP contribution in [-0.2, 0) is 19.1 Å². The minimum atomic E-state index is -1.45. The molecule has 0 spiro atoms. The number of methoxy groups -OCH3 is 1. The molecule has 0 aromatic heterocycles. The maximum atomic E-state index is 12.2. The molecule has 0 saturated heterocycles. The number of halogens is 1. The SMILES string of the molecule is CCOc1cc(/C=C/C(=O)C2C(=O)C=C(C)OC2=O)cc(Br)c1OC. The van der Waals surface area contributed by atoms with Crippen LogP contribution in [0.2, 0.25) is 0 Å². The van der Waals surface area contributed by atoms with Crippen molar-refractivity contribution in [2.45, 2.75) is 13.8 Å². The van der Waals surface area contributed by atoms with Crippen LogP contribution in [-0.4, -0.2) is 31.3 Å². The number of esters is 1. The molecule has 0 N–H and O–H groups in total. The second kappa shape index (κ2) is 8.11. The standard InChI is InChI=1S/C18H17BrO6/c1-4-24-15-9-11(8-12(19)17(15)23-3)5-6-13(20)16-14(21)7-10(2)25-18(16)22/h5-9,16H,4H2,1-3H3/b6-5+. The molecule has 0 radical (unpaired) electrons. The zero-order chi connectivity index (χ0) is 18.6. The molecule has 7 heteroatoms. The van der Waals surface area contributed by atoms with Gasteiger partial charge in [-0.3, -0.25) is 14.4 Å². The molecule has 1 aliphatic heterocycles. The Morgan fingerprint density at radius 1 is 1.36 bits per heavy atom. The molecule has 6 nitrogen and oxygen atoms in total. The summed E-state index contributed by atoms with van der Waals surface area (Å²) in [5.41, 5.74) is 0.646. The number of ether oxygens (including phenoxy) is 3. The Morgan fingerprint density at radius 3 is 2.68 bits per heavy atom. The molecule has 0 aliphatic carbocycles. The lowest BCUT2D eigenvalue weighted by Crippen LogP contribution is -2.34. The summed E-state index contributed by atoms with van der Waals surface area (Å²) in [6.45, 7) is 3.77. The number of cyclic esters (lactones) is 1. The smallest absolute Gasteiger partial charge is 0.329 e. The first-order chi connectivity index (χ1) is 11.9. The third-order valence-electron chi connectivity index (χ3n) is 3.39. The summed E-state index contributed by atoms with van der Waals surface area (Å²) in [7, 11) is 1.53. The quantitative estimate of drug-likeness (QED) is 0.408. The molecule has 1 aromatic carbocycles. The minimum Gasteiger partial charge on any atom is -0.492 e. The zero-order valence-electron chi connectivity index (χ0n) is 14.0. The molecule has 0 saturated carbocycles. The van der Waals surface area contributed by atoms with E-state index in [9.17, 15) is 14.4 Å². The predicted octanol–water partition coefficient (Wildman–Crippen LogP) is 3.08. The molecule has 1 aliphatic rings. The summed E-state index contributed by atoms with van der Waals surface area (Å²) < 4.78 is 16.3. The van der Waals surface area contributed by atoms with Crippen LogP contribution in [0.3, 0.4) is 0 Å². The predicted molar refractivity (Wildman–Crippen MR) is 94.3 cm³/mol. The van der Waals surface area contributed by atoms with Gasteiger partial charge in [-0.05, 0) is 53.5 Å². The number of ketones is 2. The van der Waals surface area contributed by atoms with Crippen molar-refractivity contribution in [3.8, 4) is 11.5 Å². The van der Waals surface area contributed by atoms with Gasteiger partial charge in [0.1, 0.15) is 5.76 Å². The van der Waals surface area contributed by atoms with E-state index >= 15 is 0 Å². The minimum absolute atomic E-state index is 0.184. The summed E-state index contributed by atoms with van der Waals surface area (Å²) in [4.78, 5) is 35.8. The fraction of sp³-hybridized carbons (Fsp3) is 0.278. The van der Waals surface area contributed by atoms with Crippen LogP contribution in [0, 0.1) is 5.92 Å². The third-order valence-corrected chi connectivity index (χ3v) is 3.98. The largest absolute Gasteiger partial charge is 0.492 e. The molecule has 1 aromatic rings. The van der Waals surface area contributed by atoms with Crippen LogP contribution in [0.4, 0.5) is 0 Å². The Bertz CT molecular complexity index is 778. The highest BCUT2D eigenvalue weighted by molar-refractivity contribution is 9.10. The summed E-state index contributed by atoms with van der Waals surface area (Å²) in [6, 6.07) is 3.43. The fourth-order valence-electron chi connectivity index (χ4n) is 2.32. The van der Waals surface area contributed by atoms with E-state index in [-0.39, 0.29) is 5.76 Å². The van der Waals surface area contributed by atoms with Crippen LogP contribution >= 0.6 is 15.9 Å². The van der Waals surface area contributed by atoms with Crippen molar-refractivity contribution in [1.82, 2.24) is 0 Å². The van der Waals surface area contributed by atoms with E-state index < -0.39 is 23.5 Å². The number of hydrogen-bond donors (Lipinski definition) is 0. The van der Waals surface area contributed by atoms with Crippen molar-refractivity contribution >= 4 is 39.5 Å². The van der Waals surface area contributed by atoms with Gasteiger partial charge in [0, 0.05) is 6.08 Å². The Kier molecular flexibility index (Phi) is 6.14. The van der Waals surface area contributed by atoms with Crippen LogP contribution in [0.15, 0.2) is 34.5 Å². The van der Waals surface area contributed by atoms with Crippen molar-refractivity contribution in [3.63, 3.8) is 0 Å². The van der Waals surface area contributed by atoms with Gasteiger partial charge in [0.25, 0.3) is 0 Å². The molecule has 1 unspecified atom stereocenters. The second-order valence-electron chi connectivity index (χ2n) is 5.21. The van der Waals surface area contributed by atoms with E-state index in [1.165, 1.54) is 26.2 Å². The van der Waals surface area contributed by atoms with Gasteiger partial charge >= 0.3 is 5.97 Å². The van der Waals surface area contributed by atoms with Crippen molar-refractivity contribution in [3.05, 3.63) is 40.1 Å². The van der Waals surface area contributed by atoms with Crippen molar-refractivity contribution < 1.29 is 28.6 Å². The first-order valence-corrected chi connectivity index (χ1v) is 8.32. The van der Waals surface area contributed by atoms with E-state index in [1.807, 2.05) is 6.92 Å².